The molecule has 0 N–H and O–H groups in total. The van der Waals surface area contributed by atoms with Gasteiger partial charge in [-0.2, -0.15) is 0 Å². The van der Waals surface area contributed by atoms with Crippen LogP contribution in [0.5, 0.6) is 0 Å². The normalized spacial score (nSPS) is 11.9. The first-order valence-corrected chi connectivity index (χ1v) is 2.61. The highest BCUT2D eigenvalue weighted by atomic mass is 14.9. The van der Waals surface area contributed by atoms with Crippen LogP contribution in [0.15, 0.2) is 35.4 Å². The predicted octanol–water partition coefficient (Wildman–Crippen LogP) is 1.81. The van der Waals surface area contributed by atoms with Gasteiger partial charge in [-0.1, -0.05) is 19.2 Å². The number of rotatable bonds is 2. The first-order valence-electron chi connectivity index (χ1n) is 2.61. The van der Waals surface area contributed by atoms with Crippen molar-refractivity contribution in [2.75, 3.05) is 0 Å². The van der Waals surface area contributed by atoms with Crippen LogP contribution in [0.25, 0.3) is 0 Å². The third-order valence-corrected chi connectivity index (χ3v) is 0.645. The van der Waals surface area contributed by atoms with Crippen molar-refractivity contribution >= 4 is 12.1 Å². The van der Waals surface area contributed by atoms with Crippen molar-refractivity contribution in [2.24, 2.45) is 9.98 Å². The van der Waals surface area contributed by atoms with Gasteiger partial charge in [-0.05, 0) is 6.92 Å². The topological polar surface area (TPSA) is 24.7 Å². The summed E-state index contributed by atoms with van der Waals surface area (Å²) in [6, 6.07) is 0. The number of aliphatic imine (C=N–C) groups is 2. The van der Waals surface area contributed by atoms with Gasteiger partial charge in [-0.25, -0.2) is 9.98 Å². The smallest absolute Gasteiger partial charge is 0.125 e. The lowest BCUT2D eigenvalue weighted by atomic mass is 10.6. The first kappa shape index (κ1) is 7.82. The molecule has 0 aromatic rings. The lowest BCUT2D eigenvalue weighted by Gasteiger charge is -1.82. The van der Waals surface area contributed by atoms with Crippen molar-refractivity contribution < 1.29 is 0 Å². The van der Waals surface area contributed by atoms with Gasteiger partial charge in [0.1, 0.15) is 5.84 Å². The highest BCUT2D eigenvalue weighted by molar-refractivity contribution is 5.90. The summed E-state index contributed by atoms with van der Waals surface area (Å²) in [6.45, 7) is 8.68. The van der Waals surface area contributed by atoms with Gasteiger partial charge in [0.25, 0.3) is 0 Å². The maximum absolute atomic E-state index is 3.87. The van der Waals surface area contributed by atoms with E-state index in [4.69, 9.17) is 0 Å². The number of hydrogen-bond acceptors (Lipinski definition) is 1. The summed E-state index contributed by atoms with van der Waals surface area (Å²) in [6.07, 6.45) is 4.64. The molecular formula is C7H10N2. The summed E-state index contributed by atoms with van der Waals surface area (Å²) in [7, 11) is 0. The van der Waals surface area contributed by atoms with E-state index < -0.39 is 0 Å². The third kappa shape index (κ3) is 4.68. The molecule has 0 atom stereocenters. The molecule has 2 nitrogen and oxygen atoms in total. The van der Waals surface area contributed by atoms with Crippen molar-refractivity contribution in [1.29, 1.82) is 0 Å². The van der Waals surface area contributed by atoms with E-state index in [9.17, 15) is 0 Å². The van der Waals surface area contributed by atoms with E-state index >= 15 is 0 Å². The fraction of sp³-hybridized carbons (Fsp3) is 0.143. The average Bonchev–Trinajstić information content (AvgIpc) is 1.85. The minimum atomic E-state index is 0.685. The Morgan fingerprint density at radius 1 is 1.44 bits per heavy atom. The molecular weight excluding hydrogens is 112 g/mol. The lowest BCUT2D eigenvalue weighted by Crippen LogP contribution is -1.82. The highest BCUT2D eigenvalue weighted by Gasteiger charge is 1.75. The quantitative estimate of drug-likeness (QED) is 0.394. The van der Waals surface area contributed by atoms with E-state index in [-0.39, 0.29) is 0 Å². The van der Waals surface area contributed by atoms with Gasteiger partial charge in [-0.15, -0.1) is 0 Å². The van der Waals surface area contributed by atoms with Crippen LogP contribution in [-0.4, -0.2) is 12.1 Å². The Morgan fingerprint density at radius 2 is 2.11 bits per heavy atom. The molecule has 0 rings (SSSR count). The summed E-state index contributed by atoms with van der Waals surface area (Å²) in [4.78, 5) is 7.66. The summed E-state index contributed by atoms with van der Waals surface area (Å²) < 4.78 is 0. The van der Waals surface area contributed by atoms with Gasteiger partial charge in [0.15, 0.2) is 0 Å². The van der Waals surface area contributed by atoms with Gasteiger partial charge in [0.2, 0.25) is 0 Å². The summed E-state index contributed by atoms with van der Waals surface area (Å²) in [5, 5.41) is 0. The lowest BCUT2D eigenvalue weighted by molar-refractivity contribution is 1.48. The first-order chi connectivity index (χ1) is 4.31. The standard InChI is InChI=1S/C7H10N2/c1-4-6-9-7(3)8-5-2/h4-6H,1-2H2,3H3/b8-7-,9-6-. The van der Waals surface area contributed by atoms with Gasteiger partial charge in [-0.3, -0.25) is 0 Å². The second-order valence-corrected chi connectivity index (χ2v) is 1.37. The Morgan fingerprint density at radius 3 is 2.56 bits per heavy atom. The molecule has 0 amide bonds. The second kappa shape index (κ2) is 4.97. The molecule has 0 unspecified atom stereocenters. The van der Waals surface area contributed by atoms with E-state index in [1.165, 1.54) is 6.20 Å². The fourth-order valence-corrected chi connectivity index (χ4v) is 0.326. The van der Waals surface area contributed by atoms with E-state index in [1.54, 1.807) is 19.2 Å². The van der Waals surface area contributed by atoms with Crippen LogP contribution in [0.1, 0.15) is 6.92 Å². The Balaban J connectivity index is 3.88. The second-order valence-electron chi connectivity index (χ2n) is 1.37. The van der Waals surface area contributed by atoms with Crippen LogP contribution in [0.3, 0.4) is 0 Å². The van der Waals surface area contributed by atoms with Crippen molar-refractivity contribution in [2.45, 2.75) is 6.92 Å². The maximum Gasteiger partial charge on any atom is 0.125 e. The number of allylic oxidation sites excluding steroid dienone is 1. The zero-order valence-corrected chi connectivity index (χ0v) is 5.54. The average molecular weight is 122 g/mol. The van der Waals surface area contributed by atoms with Crippen LogP contribution in [0, 0.1) is 0 Å². The van der Waals surface area contributed by atoms with Crippen LogP contribution in [0.4, 0.5) is 0 Å². The minimum Gasteiger partial charge on any atom is -0.242 e. The zero-order valence-electron chi connectivity index (χ0n) is 5.54. The summed E-state index contributed by atoms with van der Waals surface area (Å²) in [5.41, 5.74) is 0. The molecule has 0 fully saturated rings. The van der Waals surface area contributed by atoms with Gasteiger partial charge >= 0.3 is 0 Å². The third-order valence-electron chi connectivity index (χ3n) is 0.645. The van der Waals surface area contributed by atoms with Gasteiger partial charge in [0.05, 0.1) is 0 Å². The largest absolute Gasteiger partial charge is 0.242 e. The van der Waals surface area contributed by atoms with E-state index in [1.807, 2.05) is 0 Å². The molecule has 0 saturated heterocycles. The van der Waals surface area contributed by atoms with Crippen LogP contribution in [0.2, 0.25) is 0 Å². The Kier molecular flexibility index (Phi) is 4.32. The van der Waals surface area contributed by atoms with Gasteiger partial charge in [0, 0.05) is 12.4 Å². The van der Waals surface area contributed by atoms with Crippen molar-refractivity contribution in [1.82, 2.24) is 0 Å². The molecule has 0 radical (unpaired) electrons. The molecule has 0 aliphatic heterocycles. The Bertz CT molecular complexity index is 154. The molecule has 48 valence electrons. The molecule has 0 aliphatic carbocycles. The highest BCUT2D eigenvalue weighted by Crippen LogP contribution is 1.78. The fourth-order valence-electron chi connectivity index (χ4n) is 0.326. The van der Waals surface area contributed by atoms with Crippen LogP contribution >= 0.6 is 0 Å². The monoisotopic (exact) mass is 122 g/mol. The van der Waals surface area contributed by atoms with Gasteiger partial charge < -0.3 is 0 Å². The molecule has 0 spiro atoms. The summed E-state index contributed by atoms with van der Waals surface area (Å²) in [5.74, 6) is 0.685. The van der Waals surface area contributed by atoms with Crippen molar-refractivity contribution in [3.05, 3.63) is 25.4 Å². The molecule has 2 heteroatoms. The van der Waals surface area contributed by atoms with E-state index in [2.05, 4.69) is 23.1 Å². The minimum absolute atomic E-state index is 0.685. The predicted molar refractivity (Wildman–Crippen MR) is 42.0 cm³/mol. The molecule has 9 heavy (non-hydrogen) atoms. The van der Waals surface area contributed by atoms with E-state index in [0.717, 1.165) is 0 Å². The molecule has 0 aromatic carbocycles. The summed E-state index contributed by atoms with van der Waals surface area (Å²) >= 11 is 0. The maximum atomic E-state index is 3.87. The zero-order chi connectivity index (χ0) is 7.11. The van der Waals surface area contributed by atoms with Crippen molar-refractivity contribution in [3.8, 4) is 0 Å². The molecule has 0 aromatic heterocycles. The Hall–Kier alpha value is -1.18. The molecule has 0 aliphatic rings. The van der Waals surface area contributed by atoms with Crippen LogP contribution in [-0.2, 0) is 0 Å². The molecule has 0 heterocycles. The molecule has 0 bridgehead atoms. The van der Waals surface area contributed by atoms with E-state index in [0.29, 0.717) is 5.84 Å². The van der Waals surface area contributed by atoms with Crippen molar-refractivity contribution in [3.63, 3.8) is 0 Å². The SMILES string of the molecule is C=C/C=N\C(C)=N/C=C. The van der Waals surface area contributed by atoms with Crippen LogP contribution < -0.4 is 0 Å². The number of nitrogens with zero attached hydrogens (tertiary/aromatic N) is 2. The number of amidine groups is 1. The Labute approximate surface area is 55.3 Å². The molecule has 0 saturated carbocycles. The number of hydrogen-bond donors (Lipinski definition) is 0.